The molecule has 0 spiro atoms. The van der Waals surface area contributed by atoms with Crippen LogP contribution in [0.3, 0.4) is 0 Å². The molecule has 0 unspecified atom stereocenters. The van der Waals surface area contributed by atoms with Crippen molar-refractivity contribution in [3.05, 3.63) is 35.5 Å². The van der Waals surface area contributed by atoms with Crippen LogP contribution in [0, 0.1) is 0 Å². The smallest absolute Gasteiger partial charge is 0.271 e. The fourth-order valence-corrected chi connectivity index (χ4v) is 2.18. The van der Waals surface area contributed by atoms with Gasteiger partial charge in [0.2, 0.25) is 0 Å². The summed E-state index contributed by atoms with van der Waals surface area (Å²) in [5.74, 6) is 1.57. The van der Waals surface area contributed by atoms with E-state index in [-0.39, 0.29) is 5.91 Å². The molecule has 1 aliphatic heterocycles. The number of ether oxygens (including phenoxy) is 2. The average Bonchev–Trinajstić information content (AvgIpc) is 2.93. The van der Waals surface area contributed by atoms with Gasteiger partial charge in [0.05, 0.1) is 0 Å². The van der Waals surface area contributed by atoms with E-state index in [0.29, 0.717) is 37.0 Å². The predicted octanol–water partition coefficient (Wildman–Crippen LogP) is 1.04. The van der Waals surface area contributed by atoms with Crippen LogP contribution in [-0.4, -0.2) is 41.3 Å². The molecule has 21 heavy (non-hydrogen) atoms. The molecular formula is C14H16N4O3. The summed E-state index contributed by atoms with van der Waals surface area (Å²) in [6.07, 6.45) is 0. The maximum atomic E-state index is 12.2. The van der Waals surface area contributed by atoms with E-state index in [1.165, 1.54) is 6.07 Å². The maximum absolute atomic E-state index is 12.2. The average molecular weight is 288 g/mol. The molecule has 0 saturated carbocycles. The van der Waals surface area contributed by atoms with E-state index in [9.17, 15) is 4.79 Å². The molecule has 3 rings (SSSR count). The largest absolute Gasteiger partial charge is 0.486 e. The molecule has 0 bridgehead atoms. The molecular weight excluding hydrogens is 272 g/mol. The zero-order valence-electron chi connectivity index (χ0n) is 11.6. The molecule has 0 fully saturated rings. The Bertz CT molecular complexity index is 668. The summed E-state index contributed by atoms with van der Waals surface area (Å²) in [5, 5.41) is 6.36. The maximum Gasteiger partial charge on any atom is 0.271 e. The Kier molecular flexibility index (Phi) is 3.39. The molecule has 3 N–H and O–H groups in total. The Balaban J connectivity index is 1.72. The molecule has 110 valence electrons. The van der Waals surface area contributed by atoms with E-state index < -0.39 is 0 Å². The molecule has 0 atom stereocenters. The zero-order valence-corrected chi connectivity index (χ0v) is 11.6. The van der Waals surface area contributed by atoms with Crippen molar-refractivity contribution in [3.63, 3.8) is 0 Å². The van der Waals surface area contributed by atoms with Crippen molar-refractivity contribution in [1.29, 1.82) is 0 Å². The molecule has 2 aromatic rings. The number of carbonyl (C=O) groups is 1. The van der Waals surface area contributed by atoms with Gasteiger partial charge < -0.3 is 20.1 Å². The number of rotatable bonds is 3. The first-order valence-corrected chi connectivity index (χ1v) is 6.58. The molecule has 1 amide bonds. The lowest BCUT2D eigenvalue weighted by molar-refractivity contribution is 0.0779. The van der Waals surface area contributed by atoms with E-state index >= 15 is 0 Å². The molecule has 1 aromatic carbocycles. The normalized spacial score (nSPS) is 13.0. The first-order chi connectivity index (χ1) is 10.1. The quantitative estimate of drug-likeness (QED) is 0.880. The summed E-state index contributed by atoms with van der Waals surface area (Å²) in [6.45, 7) is 1.55. The van der Waals surface area contributed by atoms with Crippen LogP contribution >= 0.6 is 0 Å². The molecule has 7 nitrogen and oxygen atoms in total. The van der Waals surface area contributed by atoms with Crippen LogP contribution in [0.4, 0.5) is 5.82 Å². The number of hydrogen-bond donors (Lipinski definition) is 2. The Labute approximate surface area is 121 Å². The van der Waals surface area contributed by atoms with E-state index in [2.05, 4.69) is 10.2 Å². The third-order valence-corrected chi connectivity index (χ3v) is 3.20. The highest BCUT2D eigenvalue weighted by molar-refractivity contribution is 5.92. The Morgan fingerprint density at radius 2 is 2.10 bits per heavy atom. The summed E-state index contributed by atoms with van der Waals surface area (Å²) in [6, 6.07) is 7.18. The third kappa shape index (κ3) is 2.76. The lowest BCUT2D eigenvalue weighted by Crippen LogP contribution is -2.26. The SMILES string of the molecule is CN(Cc1ccc2c(c1)OCCO2)C(=O)c1cc(N)n[nH]1. The number of nitrogens with one attached hydrogen (secondary N) is 1. The van der Waals surface area contributed by atoms with Gasteiger partial charge in [-0.1, -0.05) is 6.07 Å². The molecule has 1 aliphatic rings. The summed E-state index contributed by atoms with van der Waals surface area (Å²) in [5.41, 5.74) is 6.83. The Morgan fingerprint density at radius 1 is 1.33 bits per heavy atom. The van der Waals surface area contributed by atoms with E-state index in [1.54, 1.807) is 11.9 Å². The Morgan fingerprint density at radius 3 is 2.81 bits per heavy atom. The van der Waals surface area contributed by atoms with Crippen LogP contribution < -0.4 is 15.2 Å². The highest BCUT2D eigenvalue weighted by Crippen LogP contribution is 2.31. The summed E-state index contributed by atoms with van der Waals surface area (Å²) >= 11 is 0. The molecule has 1 aromatic heterocycles. The number of aromatic amines is 1. The number of anilines is 1. The van der Waals surface area contributed by atoms with Crippen molar-refractivity contribution in [2.75, 3.05) is 26.0 Å². The molecule has 7 heteroatoms. The van der Waals surface area contributed by atoms with Gasteiger partial charge in [0.25, 0.3) is 5.91 Å². The van der Waals surface area contributed by atoms with Gasteiger partial charge in [0.15, 0.2) is 11.5 Å². The summed E-state index contributed by atoms with van der Waals surface area (Å²) in [7, 11) is 1.72. The minimum atomic E-state index is -0.172. The van der Waals surface area contributed by atoms with Crippen molar-refractivity contribution in [2.45, 2.75) is 6.54 Å². The first-order valence-electron chi connectivity index (χ1n) is 6.58. The van der Waals surface area contributed by atoms with Crippen molar-refractivity contribution < 1.29 is 14.3 Å². The first kappa shape index (κ1) is 13.3. The van der Waals surface area contributed by atoms with E-state index in [4.69, 9.17) is 15.2 Å². The summed E-state index contributed by atoms with van der Waals surface area (Å²) in [4.78, 5) is 13.8. The van der Waals surface area contributed by atoms with Gasteiger partial charge >= 0.3 is 0 Å². The number of H-pyrrole nitrogens is 1. The van der Waals surface area contributed by atoms with Gasteiger partial charge in [0.1, 0.15) is 24.7 Å². The fraction of sp³-hybridized carbons (Fsp3) is 0.286. The van der Waals surface area contributed by atoms with Gasteiger partial charge in [-0.05, 0) is 17.7 Å². The van der Waals surface area contributed by atoms with Gasteiger partial charge in [-0.15, -0.1) is 0 Å². The predicted molar refractivity (Wildman–Crippen MR) is 76.2 cm³/mol. The molecule has 2 heterocycles. The van der Waals surface area contributed by atoms with Crippen molar-refractivity contribution in [2.24, 2.45) is 0 Å². The lowest BCUT2D eigenvalue weighted by atomic mass is 10.2. The lowest BCUT2D eigenvalue weighted by Gasteiger charge is -2.21. The number of hydrogen-bond acceptors (Lipinski definition) is 5. The highest BCUT2D eigenvalue weighted by Gasteiger charge is 2.16. The van der Waals surface area contributed by atoms with Gasteiger partial charge in [-0.2, -0.15) is 5.10 Å². The monoisotopic (exact) mass is 288 g/mol. The number of nitrogens with two attached hydrogens (primary N) is 1. The van der Waals surface area contributed by atoms with E-state index in [0.717, 1.165) is 11.3 Å². The molecule has 0 aliphatic carbocycles. The second-order valence-corrected chi connectivity index (χ2v) is 4.85. The minimum Gasteiger partial charge on any atom is -0.486 e. The summed E-state index contributed by atoms with van der Waals surface area (Å²) < 4.78 is 11.0. The van der Waals surface area contributed by atoms with Gasteiger partial charge in [-0.25, -0.2) is 0 Å². The van der Waals surface area contributed by atoms with Crippen LogP contribution in [0.1, 0.15) is 16.1 Å². The van der Waals surface area contributed by atoms with Crippen molar-refractivity contribution in [3.8, 4) is 11.5 Å². The van der Waals surface area contributed by atoms with Crippen LogP contribution in [-0.2, 0) is 6.54 Å². The van der Waals surface area contributed by atoms with Crippen LogP contribution in [0.5, 0.6) is 11.5 Å². The number of carbonyl (C=O) groups excluding carboxylic acids is 1. The topological polar surface area (TPSA) is 93.5 Å². The number of fused-ring (bicyclic) bond motifs is 1. The zero-order chi connectivity index (χ0) is 14.8. The number of nitrogens with zero attached hydrogens (tertiary/aromatic N) is 2. The molecule has 0 radical (unpaired) electrons. The highest BCUT2D eigenvalue weighted by atomic mass is 16.6. The Hall–Kier alpha value is -2.70. The van der Waals surface area contributed by atoms with Crippen LogP contribution in [0.15, 0.2) is 24.3 Å². The number of nitrogen functional groups attached to an aromatic ring is 1. The number of aromatic nitrogens is 2. The second-order valence-electron chi connectivity index (χ2n) is 4.85. The van der Waals surface area contributed by atoms with Crippen molar-refractivity contribution in [1.82, 2.24) is 15.1 Å². The van der Waals surface area contributed by atoms with Gasteiger partial charge in [0, 0.05) is 19.7 Å². The number of benzene rings is 1. The standard InChI is InChI=1S/C14H16N4O3/c1-18(14(19)10-7-13(15)17-16-10)8-9-2-3-11-12(6-9)21-5-4-20-11/h2-3,6-7H,4-5,8H2,1H3,(H3,15,16,17). The fourth-order valence-electron chi connectivity index (χ4n) is 2.18. The minimum absolute atomic E-state index is 0.172. The molecule has 0 saturated heterocycles. The van der Waals surface area contributed by atoms with Crippen LogP contribution in [0.25, 0.3) is 0 Å². The van der Waals surface area contributed by atoms with E-state index in [1.807, 2.05) is 18.2 Å². The van der Waals surface area contributed by atoms with Crippen LogP contribution in [0.2, 0.25) is 0 Å². The number of amides is 1. The third-order valence-electron chi connectivity index (χ3n) is 3.20. The second kappa shape index (κ2) is 5.35. The van der Waals surface area contributed by atoms with Crippen molar-refractivity contribution >= 4 is 11.7 Å². The van der Waals surface area contributed by atoms with Gasteiger partial charge in [-0.3, -0.25) is 9.89 Å².